The van der Waals surface area contributed by atoms with E-state index in [2.05, 4.69) is 0 Å². The SMILES string of the molecule is O=C(OC(=O)N(c1ccccc1)c1ccccc1)c1ccccc1.[Tb]. The van der Waals surface area contributed by atoms with Crippen molar-refractivity contribution < 1.29 is 52.9 Å². The standard InChI is InChI=1S/C20H15NO3.Tb/c22-19(16-10-4-1-5-11-16)24-20(23)21(17-12-6-2-7-13-17)18-14-8-3-9-15-18;/h1-15H;. The van der Waals surface area contributed by atoms with Crippen molar-refractivity contribution in [2.45, 2.75) is 0 Å². The second kappa shape index (κ2) is 9.39. The normalized spacial score (nSPS) is 9.60. The molecular weight excluding hydrogens is 461 g/mol. The van der Waals surface area contributed by atoms with Gasteiger partial charge in [-0.25, -0.2) is 14.5 Å². The third kappa shape index (κ3) is 4.93. The number of ether oxygens (including phenoxy) is 1. The van der Waals surface area contributed by atoms with Crippen molar-refractivity contribution in [2.24, 2.45) is 0 Å². The largest absolute Gasteiger partial charge is 0.426 e. The van der Waals surface area contributed by atoms with Crippen LogP contribution in [0.5, 0.6) is 0 Å². The fourth-order valence-corrected chi connectivity index (χ4v) is 2.27. The molecule has 0 aromatic heterocycles. The summed E-state index contributed by atoms with van der Waals surface area (Å²) < 4.78 is 5.06. The summed E-state index contributed by atoms with van der Waals surface area (Å²) in [5, 5.41) is 0. The van der Waals surface area contributed by atoms with Crippen molar-refractivity contribution in [3.63, 3.8) is 0 Å². The van der Waals surface area contributed by atoms with Crippen LogP contribution >= 0.6 is 0 Å². The Morgan fingerprint density at radius 2 is 1.04 bits per heavy atom. The van der Waals surface area contributed by atoms with Crippen LogP contribution in [-0.4, -0.2) is 12.1 Å². The van der Waals surface area contributed by atoms with Crippen molar-refractivity contribution in [3.05, 3.63) is 96.6 Å². The molecule has 5 heteroatoms. The Morgan fingerprint density at radius 1 is 0.640 bits per heavy atom. The van der Waals surface area contributed by atoms with Crippen LogP contribution in [0.25, 0.3) is 0 Å². The smallest absolute Gasteiger partial charge is 0.372 e. The van der Waals surface area contributed by atoms with Gasteiger partial charge in [0.2, 0.25) is 0 Å². The van der Waals surface area contributed by atoms with Crippen molar-refractivity contribution >= 4 is 23.4 Å². The summed E-state index contributed by atoms with van der Waals surface area (Å²) in [6.07, 6.45) is -0.749. The Morgan fingerprint density at radius 3 is 1.48 bits per heavy atom. The van der Waals surface area contributed by atoms with Crippen molar-refractivity contribution in [3.8, 4) is 0 Å². The summed E-state index contributed by atoms with van der Waals surface area (Å²) >= 11 is 0. The maximum atomic E-state index is 12.6. The van der Waals surface area contributed by atoms with E-state index in [1.807, 2.05) is 36.4 Å². The van der Waals surface area contributed by atoms with Gasteiger partial charge in [0, 0.05) is 38.6 Å². The van der Waals surface area contributed by atoms with Gasteiger partial charge in [-0.15, -0.1) is 0 Å². The first kappa shape index (κ1) is 19.2. The molecule has 0 aliphatic carbocycles. The molecule has 0 atom stereocenters. The zero-order chi connectivity index (χ0) is 16.8. The van der Waals surface area contributed by atoms with Gasteiger partial charge in [-0.1, -0.05) is 54.6 Å². The number of amides is 1. The number of carbonyl (C=O) groups excluding carboxylic acids is 2. The van der Waals surface area contributed by atoms with Gasteiger partial charge in [0.1, 0.15) is 0 Å². The van der Waals surface area contributed by atoms with Crippen LogP contribution in [0, 0.1) is 38.6 Å². The summed E-state index contributed by atoms with van der Waals surface area (Å²) in [4.78, 5) is 26.1. The van der Waals surface area contributed by atoms with Crippen LogP contribution in [-0.2, 0) is 4.74 Å². The average molecular weight is 476 g/mol. The number of hydrogen-bond acceptors (Lipinski definition) is 3. The predicted octanol–water partition coefficient (Wildman–Crippen LogP) is 4.80. The van der Waals surface area contributed by atoms with E-state index in [9.17, 15) is 9.59 Å². The molecule has 25 heavy (non-hydrogen) atoms. The minimum atomic E-state index is -0.749. The summed E-state index contributed by atoms with van der Waals surface area (Å²) in [6, 6.07) is 26.5. The van der Waals surface area contributed by atoms with E-state index in [0.29, 0.717) is 16.9 Å². The van der Waals surface area contributed by atoms with Crippen LogP contribution in [0.1, 0.15) is 10.4 Å². The number of hydrogen-bond donors (Lipinski definition) is 0. The van der Waals surface area contributed by atoms with E-state index in [1.165, 1.54) is 4.90 Å². The summed E-state index contributed by atoms with van der Waals surface area (Å²) in [6.45, 7) is 0. The Bertz CT molecular complexity index is 784. The Kier molecular flexibility index (Phi) is 7.22. The zero-order valence-electron chi connectivity index (χ0n) is 13.2. The molecule has 0 heterocycles. The Hall–Kier alpha value is -2.11. The molecule has 1 radical (unpaired) electrons. The second-order valence-electron chi connectivity index (χ2n) is 5.03. The van der Waals surface area contributed by atoms with E-state index in [4.69, 9.17) is 4.74 Å². The summed E-state index contributed by atoms with van der Waals surface area (Å²) in [5.41, 5.74) is 1.57. The molecule has 4 nitrogen and oxygen atoms in total. The molecule has 0 unspecified atom stereocenters. The molecule has 0 spiro atoms. The van der Waals surface area contributed by atoms with Crippen molar-refractivity contribution in [1.82, 2.24) is 0 Å². The molecule has 0 aliphatic rings. The van der Waals surface area contributed by atoms with Gasteiger partial charge in [-0.3, -0.25) is 0 Å². The average Bonchev–Trinajstić information content (AvgIpc) is 2.64. The number of rotatable bonds is 3. The predicted molar refractivity (Wildman–Crippen MR) is 92.3 cm³/mol. The number of anilines is 2. The van der Waals surface area contributed by atoms with Crippen LogP contribution in [0.15, 0.2) is 91.0 Å². The van der Waals surface area contributed by atoms with Gasteiger partial charge in [-0.05, 0) is 36.4 Å². The minimum absolute atomic E-state index is 0. The quantitative estimate of drug-likeness (QED) is 0.403. The van der Waals surface area contributed by atoms with Gasteiger partial charge in [-0.2, -0.15) is 0 Å². The molecule has 0 N–H and O–H groups in total. The molecule has 1 amide bonds. The fraction of sp³-hybridized carbons (Fsp3) is 0. The summed E-state index contributed by atoms with van der Waals surface area (Å²) in [5.74, 6) is -0.683. The Labute approximate surface area is 176 Å². The van der Waals surface area contributed by atoms with Gasteiger partial charge >= 0.3 is 12.1 Å². The maximum Gasteiger partial charge on any atom is 0.426 e. The molecule has 0 aliphatic heterocycles. The first-order valence-electron chi connectivity index (χ1n) is 7.47. The molecule has 0 saturated heterocycles. The third-order valence-electron chi connectivity index (χ3n) is 3.40. The number of para-hydroxylation sites is 2. The minimum Gasteiger partial charge on any atom is -0.372 e. The van der Waals surface area contributed by atoms with Gasteiger partial charge in [0.15, 0.2) is 0 Å². The monoisotopic (exact) mass is 476 g/mol. The molecule has 3 aromatic rings. The van der Waals surface area contributed by atoms with Gasteiger partial charge in [0.05, 0.1) is 16.9 Å². The molecule has 127 valence electrons. The molecule has 0 bridgehead atoms. The molecule has 0 saturated carbocycles. The van der Waals surface area contributed by atoms with E-state index in [1.54, 1.807) is 54.6 Å². The van der Waals surface area contributed by atoms with Gasteiger partial charge in [0.25, 0.3) is 0 Å². The summed E-state index contributed by atoms with van der Waals surface area (Å²) in [7, 11) is 0. The topological polar surface area (TPSA) is 46.6 Å². The molecule has 3 rings (SSSR count). The third-order valence-corrected chi connectivity index (χ3v) is 3.40. The van der Waals surface area contributed by atoms with Crippen LogP contribution in [0.2, 0.25) is 0 Å². The fourth-order valence-electron chi connectivity index (χ4n) is 2.27. The van der Waals surface area contributed by atoms with E-state index >= 15 is 0 Å². The molecular formula is C20H15NO3Tb. The van der Waals surface area contributed by atoms with Crippen LogP contribution in [0.4, 0.5) is 16.2 Å². The second-order valence-corrected chi connectivity index (χ2v) is 5.03. The van der Waals surface area contributed by atoms with Crippen LogP contribution in [0.3, 0.4) is 0 Å². The first-order valence-corrected chi connectivity index (χ1v) is 7.47. The number of benzene rings is 3. The number of nitrogens with zero attached hydrogens (tertiary/aromatic N) is 1. The van der Waals surface area contributed by atoms with E-state index in [-0.39, 0.29) is 38.6 Å². The molecule has 0 fully saturated rings. The maximum absolute atomic E-state index is 12.6. The van der Waals surface area contributed by atoms with Crippen LogP contribution < -0.4 is 4.90 Å². The zero-order valence-corrected chi connectivity index (χ0v) is 15.3. The Balaban J connectivity index is 0.00000225. The van der Waals surface area contributed by atoms with E-state index in [0.717, 1.165) is 0 Å². The molecule has 3 aromatic carbocycles. The van der Waals surface area contributed by atoms with Crippen molar-refractivity contribution in [1.29, 1.82) is 0 Å². The number of carbonyl (C=O) groups is 2. The van der Waals surface area contributed by atoms with Crippen molar-refractivity contribution in [2.75, 3.05) is 4.90 Å². The first-order chi connectivity index (χ1) is 11.8. The van der Waals surface area contributed by atoms with Gasteiger partial charge < -0.3 is 4.74 Å². The number of esters is 1. The van der Waals surface area contributed by atoms with E-state index < -0.39 is 12.1 Å².